The Hall–Kier alpha value is -2.45. The lowest BCUT2D eigenvalue weighted by atomic mass is 10.0. The van der Waals surface area contributed by atoms with E-state index < -0.39 is 0 Å². The maximum absolute atomic E-state index is 13.5. The first-order chi connectivity index (χ1) is 16.9. The van der Waals surface area contributed by atoms with Crippen molar-refractivity contribution in [1.82, 2.24) is 14.8 Å². The molecule has 2 amide bonds. The Bertz CT molecular complexity index is 961. The van der Waals surface area contributed by atoms with E-state index in [1.165, 1.54) is 0 Å². The van der Waals surface area contributed by atoms with Crippen LogP contribution in [-0.4, -0.2) is 72.6 Å². The lowest BCUT2D eigenvalue weighted by Crippen LogP contribution is -2.45. The van der Waals surface area contributed by atoms with Crippen molar-refractivity contribution in [1.29, 1.82) is 0 Å². The topological polar surface area (TPSA) is 72.0 Å². The molecule has 1 atom stereocenters. The lowest BCUT2D eigenvalue weighted by Gasteiger charge is -2.33. The van der Waals surface area contributed by atoms with E-state index in [-0.39, 0.29) is 17.9 Å². The number of hydrogen-bond donors (Lipinski definition) is 0. The van der Waals surface area contributed by atoms with E-state index in [0.29, 0.717) is 56.5 Å². The number of ether oxygens (including phenoxy) is 2. The predicted octanol–water partition coefficient (Wildman–Crippen LogP) is 4.59. The van der Waals surface area contributed by atoms with Crippen molar-refractivity contribution < 1.29 is 19.1 Å². The van der Waals surface area contributed by atoms with E-state index in [4.69, 9.17) is 9.47 Å². The van der Waals surface area contributed by atoms with Gasteiger partial charge in [-0.05, 0) is 50.7 Å². The zero-order valence-electron chi connectivity index (χ0n) is 21.5. The molecule has 0 aliphatic carbocycles. The minimum atomic E-state index is -0.0734. The van der Waals surface area contributed by atoms with Gasteiger partial charge in [0.05, 0.1) is 35.3 Å². The number of aromatic nitrogens is 1. The SMILES string of the molecule is COCCN1CCCCCN(C(=O)Cc2csc(C)n2)[C@@H](CC(C)C)COc2ccccc2C1=O. The first-order valence-corrected chi connectivity index (χ1v) is 13.5. The summed E-state index contributed by atoms with van der Waals surface area (Å²) in [6.07, 6.45) is 3.83. The van der Waals surface area contributed by atoms with Gasteiger partial charge in [0.1, 0.15) is 12.4 Å². The Balaban J connectivity index is 1.87. The molecule has 0 unspecified atom stereocenters. The Labute approximate surface area is 213 Å². The van der Waals surface area contributed by atoms with Gasteiger partial charge in [-0.3, -0.25) is 9.59 Å². The average molecular weight is 502 g/mol. The number of rotatable bonds is 7. The molecule has 3 rings (SSSR count). The third-order valence-electron chi connectivity index (χ3n) is 6.23. The number of carbonyl (C=O) groups excluding carboxylic acids is 2. The molecule has 0 saturated carbocycles. The third kappa shape index (κ3) is 8.04. The number of amides is 2. The number of para-hydroxylation sites is 1. The van der Waals surface area contributed by atoms with Crippen LogP contribution in [-0.2, 0) is 16.0 Å². The van der Waals surface area contributed by atoms with Crippen LogP contribution >= 0.6 is 11.3 Å². The van der Waals surface area contributed by atoms with Crippen molar-refractivity contribution in [2.75, 3.05) is 40.0 Å². The summed E-state index contributed by atoms with van der Waals surface area (Å²) in [6, 6.07) is 7.34. The van der Waals surface area contributed by atoms with Crippen LogP contribution < -0.4 is 4.74 Å². The van der Waals surface area contributed by atoms with Gasteiger partial charge in [0.25, 0.3) is 5.91 Å². The van der Waals surface area contributed by atoms with Gasteiger partial charge in [-0.1, -0.05) is 26.0 Å². The predicted molar refractivity (Wildman–Crippen MR) is 139 cm³/mol. The third-order valence-corrected chi connectivity index (χ3v) is 7.05. The van der Waals surface area contributed by atoms with Crippen LogP contribution in [0.15, 0.2) is 29.6 Å². The monoisotopic (exact) mass is 501 g/mol. The lowest BCUT2D eigenvalue weighted by molar-refractivity contribution is -0.134. The van der Waals surface area contributed by atoms with Crippen LogP contribution in [0.3, 0.4) is 0 Å². The molecular weight excluding hydrogens is 462 g/mol. The molecule has 1 aromatic carbocycles. The number of nitrogens with zero attached hydrogens (tertiary/aromatic N) is 3. The summed E-state index contributed by atoms with van der Waals surface area (Å²) in [5.74, 6) is 1.02. The number of fused-ring (bicyclic) bond motifs is 1. The average Bonchev–Trinajstić information content (AvgIpc) is 3.24. The van der Waals surface area contributed by atoms with Gasteiger partial charge >= 0.3 is 0 Å². The normalized spacial score (nSPS) is 17.9. The maximum atomic E-state index is 13.5. The van der Waals surface area contributed by atoms with E-state index in [1.54, 1.807) is 18.4 Å². The molecule has 192 valence electrons. The van der Waals surface area contributed by atoms with Crippen molar-refractivity contribution in [2.24, 2.45) is 5.92 Å². The summed E-state index contributed by atoms with van der Waals surface area (Å²) in [4.78, 5) is 35.2. The van der Waals surface area contributed by atoms with Crippen LogP contribution in [0.4, 0.5) is 0 Å². The summed E-state index contributed by atoms with van der Waals surface area (Å²) < 4.78 is 11.5. The first kappa shape index (κ1) is 27.1. The van der Waals surface area contributed by atoms with Gasteiger partial charge in [-0.2, -0.15) is 0 Å². The summed E-state index contributed by atoms with van der Waals surface area (Å²) in [5.41, 5.74) is 1.39. The molecule has 0 N–H and O–H groups in total. The van der Waals surface area contributed by atoms with Crippen molar-refractivity contribution in [2.45, 2.75) is 58.9 Å². The molecule has 2 aromatic rings. The highest BCUT2D eigenvalue weighted by atomic mass is 32.1. The largest absolute Gasteiger partial charge is 0.491 e. The number of aryl methyl sites for hydroxylation is 1. The number of hydrogen-bond acceptors (Lipinski definition) is 6. The number of carbonyl (C=O) groups is 2. The van der Waals surface area contributed by atoms with Crippen LogP contribution in [0, 0.1) is 12.8 Å². The standard InChI is InChI=1S/C27H39N3O4S/c1-20(2)16-23-18-34-25-11-7-6-10-24(25)27(32)29(14-15-33-4)12-8-5-9-13-30(23)26(31)17-22-19-35-21(3)28-22/h6-7,10-11,19-20,23H,5,8-9,12-18H2,1-4H3/t23-/m0/s1. The van der Waals surface area contributed by atoms with Gasteiger partial charge in [-0.25, -0.2) is 4.98 Å². The molecule has 1 aromatic heterocycles. The van der Waals surface area contributed by atoms with Crippen molar-refractivity contribution in [3.8, 4) is 5.75 Å². The number of methoxy groups -OCH3 is 1. The van der Waals surface area contributed by atoms with Crippen LogP contribution in [0.2, 0.25) is 0 Å². The molecular formula is C27H39N3O4S. The Morgan fingerprint density at radius 2 is 2.00 bits per heavy atom. The van der Waals surface area contributed by atoms with E-state index >= 15 is 0 Å². The summed E-state index contributed by atoms with van der Waals surface area (Å²) in [6.45, 7) is 9.00. The molecule has 0 saturated heterocycles. The molecule has 8 heteroatoms. The second kappa shape index (κ2) is 13.6. The fraction of sp³-hybridized carbons (Fsp3) is 0.593. The number of benzene rings is 1. The molecule has 7 nitrogen and oxygen atoms in total. The molecule has 35 heavy (non-hydrogen) atoms. The van der Waals surface area contributed by atoms with Gasteiger partial charge in [0.2, 0.25) is 5.91 Å². The molecule has 0 fully saturated rings. The maximum Gasteiger partial charge on any atom is 0.257 e. The highest BCUT2D eigenvalue weighted by Crippen LogP contribution is 2.24. The highest BCUT2D eigenvalue weighted by molar-refractivity contribution is 7.09. The minimum absolute atomic E-state index is 0.0378. The molecule has 1 aliphatic heterocycles. The fourth-order valence-electron chi connectivity index (χ4n) is 4.49. The van der Waals surface area contributed by atoms with Gasteiger partial charge in [-0.15, -0.1) is 11.3 Å². The van der Waals surface area contributed by atoms with Gasteiger partial charge < -0.3 is 19.3 Å². The van der Waals surface area contributed by atoms with E-state index in [9.17, 15) is 9.59 Å². The zero-order chi connectivity index (χ0) is 25.2. The van der Waals surface area contributed by atoms with Crippen molar-refractivity contribution >= 4 is 23.2 Å². The second-order valence-corrected chi connectivity index (χ2v) is 10.6. The molecule has 2 heterocycles. The summed E-state index contributed by atoms with van der Waals surface area (Å²) >= 11 is 1.57. The van der Waals surface area contributed by atoms with E-state index in [1.807, 2.05) is 46.4 Å². The first-order valence-electron chi connectivity index (χ1n) is 12.6. The van der Waals surface area contributed by atoms with Gasteiger partial charge in [0, 0.05) is 32.1 Å². The smallest absolute Gasteiger partial charge is 0.257 e. The van der Waals surface area contributed by atoms with Crippen LogP contribution in [0.5, 0.6) is 5.75 Å². The molecule has 0 bridgehead atoms. The highest BCUT2D eigenvalue weighted by Gasteiger charge is 2.27. The van der Waals surface area contributed by atoms with Crippen molar-refractivity contribution in [3.05, 3.63) is 45.9 Å². The Morgan fingerprint density at radius 3 is 2.71 bits per heavy atom. The fourth-order valence-corrected chi connectivity index (χ4v) is 5.10. The quantitative estimate of drug-likeness (QED) is 0.555. The van der Waals surface area contributed by atoms with Gasteiger partial charge in [0.15, 0.2) is 0 Å². The molecule has 1 aliphatic rings. The zero-order valence-corrected chi connectivity index (χ0v) is 22.3. The van der Waals surface area contributed by atoms with Crippen LogP contribution in [0.25, 0.3) is 0 Å². The Morgan fingerprint density at radius 1 is 1.23 bits per heavy atom. The summed E-state index contributed by atoms with van der Waals surface area (Å²) in [7, 11) is 1.65. The van der Waals surface area contributed by atoms with E-state index in [2.05, 4.69) is 18.8 Å². The van der Waals surface area contributed by atoms with Crippen LogP contribution in [0.1, 0.15) is 60.6 Å². The summed E-state index contributed by atoms with van der Waals surface area (Å²) in [5, 5.41) is 2.94. The Kier molecular flexibility index (Phi) is 10.5. The van der Waals surface area contributed by atoms with E-state index in [0.717, 1.165) is 36.4 Å². The minimum Gasteiger partial charge on any atom is -0.491 e. The molecule has 0 spiro atoms. The number of thiazole rings is 1. The molecule has 0 radical (unpaired) electrons. The van der Waals surface area contributed by atoms with Crippen molar-refractivity contribution in [3.63, 3.8) is 0 Å². The second-order valence-electron chi connectivity index (χ2n) is 9.56.